The van der Waals surface area contributed by atoms with Crippen molar-refractivity contribution in [3.05, 3.63) is 35.4 Å². The van der Waals surface area contributed by atoms with Crippen LogP contribution in [-0.2, 0) is 15.9 Å². The molecule has 3 rings (SSSR count). The molecule has 172 valence electrons. The number of carbonyl (C=O) groups excluding carboxylic acids is 3. The van der Waals surface area contributed by atoms with Gasteiger partial charge in [-0.1, -0.05) is 0 Å². The molecule has 0 unspecified atom stereocenters. The number of hydrogen-bond acceptors (Lipinski definition) is 6. The zero-order valence-corrected chi connectivity index (χ0v) is 19.0. The highest BCUT2D eigenvalue weighted by Gasteiger charge is 2.36. The smallest absolute Gasteiger partial charge is 0.425 e. The average molecular weight is 446 g/mol. The van der Waals surface area contributed by atoms with Crippen molar-refractivity contribution >= 4 is 23.9 Å². The van der Waals surface area contributed by atoms with Gasteiger partial charge in [-0.25, -0.2) is 19.0 Å². The van der Waals surface area contributed by atoms with Gasteiger partial charge in [0.1, 0.15) is 11.2 Å². The minimum absolute atomic E-state index is 0.0364. The molecule has 2 aromatic rings. The molecule has 2 N–H and O–H groups in total. The molecule has 0 atom stereocenters. The van der Waals surface area contributed by atoms with Crippen molar-refractivity contribution in [2.75, 3.05) is 11.4 Å². The van der Waals surface area contributed by atoms with Crippen molar-refractivity contribution < 1.29 is 28.2 Å². The largest absolute Gasteiger partial charge is 0.443 e. The first-order valence-electron chi connectivity index (χ1n) is 10.2. The normalized spacial score (nSPS) is 13.8. The van der Waals surface area contributed by atoms with Gasteiger partial charge in [0.05, 0.1) is 5.56 Å². The van der Waals surface area contributed by atoms with Crippen LogP contribution in [0, 0.1) is 5.82 Å². The molecule has 0 radical (unpaired) electrons. The van der Waals surface area contributed by atoms with Crippen LogP contribution < -0.4 is 10.2 Å². The fourth-order valence-corrected chi connectivity index (χ4v) is 3.10. The van der Waals surface area contributed by atoms with E-state index in [9.17, 15) is 14.4 Å². The molecule has 2 aromatic heterocycles. The monoisotopic (exact) mass is 446 g/mol. The molecule has 1 aliphatic heterocycles. The minimum Gasteiger partial charge on any atom is -0.443 e. The van der Waals surface area contributed by atoms with Crippen molar-refractivity contribution in [2.24, 2.45) is 0 Å². The molecule has 0 aliphatic carbocycles. The molecule has 0 bridgehead atoms. The van der Waals surface area contributed by atoms with Gasteiger partial charge in [0.2, 0.25) is 0 Å². The number of H-pyrrole nitrogens is 1. The van der Waals surface area contributed by atoms with Crippen molar-refractivity contribution in [1.29, 1.82) is 0 Å². The van der Waals surface area contributed by atoms with Crippen LogP contribution in [0.15, 0.2) is 18.3 Å². The number of imide groups is 1. The van der Waals surface area contributed by atoms with Gasteiger partial charge in [0.25, 0.3) is 5.91 Å². The number of fused-ring (bicyclic) bond motifs is 1. The number of aromatic nitrogens is 2. The predicted octanol–water partition coefficient (Wildman–Crippen LogP) is 4.18. The second-order valence-electron chi connectivity index (χ2n) is 9.37. The summed E-state index contributed by atoms with van der Waals surface area (Å²) in [5, 5.41) is 2.72. The lowest BCUT2D eigenvalue weighted by Gasteiger charge is -2.28. The van der Waals surface area contributed by atoms with Gasteiger partial charge < -0.3 is 19.8 Å². The number of anilines is 1. The summed E-state index contributed by atoms with van der Waals surface area (Å²) in [5.74, 6) is -1.76. The van der Waals surface area contributed by atoms with E-state index in [1.807, 2.05) is 0 Å². The van der Waals surface area contributed by atoms with Crippen molar-refractivity contribution in [3.63, 3.8) is 0 Å². The number of ether oxygens (including phenoxy) is 2. The zero-order valence-electron chi connectivity index (χ0n) is 19.0. The van der Waals surface area contributed by atoms with E-state index in [-0.39, 0.29) is 11.5 Å². The number of carbonyl (C=O) groups is 3. The number of amides is 3. The summed E-state index contributed by atoms with van der Waals surface area (Å²) < 4.78 is 26.2. The standard InChI is InChI=1S/C22H27FN4O5/c1-21(2,3)31-19(29)27(20(30)32-22(4,5)6)17-16(23)12(7-9-24-17)15-11-13-14(26-15)8-10-25-18(13)28/h7,9,11,26H,8,10H2,1-6H3,(H,25,28). The van der Waals surface area contributed by atoms with Gasteiger partial charge in [-0.2, -0.15) is 4.90 Å². The lowest BCUT2D eigenvalue weighted by molar-refractivity contribution is 0.0427. The molecule has 9 nitrogen and oxygen atoms in total. The number of nitrogens with zero attached hydrogens (tertiary/aromatic N) is 2. The minimum atomic E-state index is -1.12. The first-order valence-corrected chi connectivity index (χ1v) is 10.2. The third kappa shape index (κ3) is 5.06. The van der Waals surface area contributed by atoms with Crippen molar-refractivity contribution in [1.82, 2.24) is 15.3 Å². The highest BCUT2D eigenvalue weighted by atomic mass is 19.1. The Bertz CT molecular complexity index is 1040. The summed E-state index contributed by atoms with van der Waals surface area (Å²) in [4.78, 5) is 45.1. The molecule has 3 amide bonds. The maximum atomic E-state index is 15.6. The SMILES string of the molecule is CC(C)(C)OC(=O)N(C(=O)OC(C)(C)C)c1nccc(-c2cc3c([nH]2)CCNC3=O)c1F. The van der Waals surface area contributed by atoms with Crippen molar-refractivity contribution in [2.45, 2.75) is 59.2 Å². The quantitative estimate of drug-likeness (QED) is 0.716. The Morgan fingerprint density at radius 3 is 2.19 bits per heavy atom. The third-order valence-electron chi connectivity index (χ3n) is 4.33. The molecule has 10 heteroatoms. The van der Waals surface area contributed by atoms with Gasteiger partial charge in [0.15, 0.2) is 11.6 Å². The molecule has 1 aliphatic rings. The highest BCUT2D eigenvalue weighted by Crippen LogP contribution is 2.31. The van der Waals surface area contributed by atoms with Crippen molar-refractivity contribution in [3.8, 4) is 11.3 Å². The Hall–Kier alpha value is -3.43. The van der Waals surface area contributed by atoms with Crippen LogP contribution in [0.3, 0.4) is 0 Å². The second kappa shape index (κ2) is 8.25. The topological polar surface area (TPSA) is 114 Å². The molecule has 32 heavy (non-hydrogen) atoms. The van der Waals surface area contributed by atoms with E-state index in [0.29, 0.717) is 34.8 Å². The lowest BCUT2D eigenvalue weighted by Crippen LogP contribution is -2.44. The van der Waals surface area contributed by atoms with Crippen LogP contribution in [0.5, 0.6) is 0 Å². The predicted molar refractivity (Wildman–Crippen MR) is 115 cm³/mol. The molecule has 0 spiro atoms. The molecule has 0 fully saturated rings. The molecule has 0 aromatic carbocycles. The average Bonchev–Trinajstić information content (AvgIpc) is 3.06. The first kappa shape index (κ1) is 23.2. The van der Waals surface area contributed by atoms with Crippen LogP contribution >= 0.6 is 0 Å². The maximum Gasteiger partial charge on any atom is 0.425 e. The van der Waals surface area contributed by atoms with E-state index in [0.717, 1.165) is 0 Å². The number of rotatable bonds is 2. The summed E-state index contributed by atoms with van der Waals surface area (Å²) in [7, 11) is 0. The Morgan fingerprint density at radius 1 is 1.06 bits per heavy atom. The molecular formula is C22H27FN4O5. The second-order valence-corrected chi connectivity index (χ2v) is 9.37. The van der Waals surface area contributed by atoms with Gasteiger partial charge in [-0.05, 0) is 53.7 Å². The van der Waals surface area contributed by atoms with E-state index in [2.05, 4.69) is 15.3 Å². The van der Waals surface area contributed by atoms with E-state index >= 15 is 4.39 Å². The fourth-order valence-electron chi connectivity index (χ4n) is 3.10. The van der Waals surface area contributed by atoms with E-state index < -0.39 is 35.0 Å². The zero-order chi connectivity index (χ0) is 23.8. The van der Waals surface area contributed by atoms with Crippen LogP contribution in [0.2, 0.25) is 0 Å². The Balaban J connectivity index is 2.07. The number of hydrogen-bond donors (Lipinski definition) is 2. The maximum absolute atomic E-state index is 15.6. The Kier molecular flexibility index (Phi) is 5.99. The van der Waals surface area contributed by atoms with E-state index in [4.69, 9.17) is 9.47 Å². The van der Waals surface area contributed by atoms with Crippen LogP contribution in [-0.4, -0.2) is 45.8 Å². The van der Waals surface area contributed by atoms with Crippen LogP contribution in [0.25, 0.3) is 11.3 Å². The molecule has 0 saturated carbocycles. The molecular weight excluding hydrogens is 419 g/mol. The lowest BCUT2D eigenvalue weighted by atomic mass is 10.1. The van der Waals surface area contributed by atoms with Crippen LogP contribution in [0.4, 0.5) is 19.8 Å². The van der Waals surface area contributed by atoms with Gasteiger partial charge >= 0.3 is 12.2 Å². The van der Waals surface area contributed by atoms with E-state index in [1.54, 1.807) is 41.5 Å². The Morgan fingerprint density at radius 2 is 1.66 bits per heavy atom. The molecule has 0 saturated heterocycles. The number of pyridine rings is 1. The van der Waals surface area contributed by atoms with Crippen LogP contribution in [0.1, 0.15) is 57.6 Å². The van der Waals surface area contributed by atoms with Gasteiger partial charge in [0, 0.05) is 36.1 Å². The van der Waals surface area contributed by atoms with Gasteiger partial charge in [-0.3, -0.25) is 4.79 Å². The summed E-state index contributed by atoms with van der Waals surface area (Å²) >= 11 is 0. The summed E-state index contributed by atoms with van der Waals surface area (Å²) in [6.07, 6.45) is -0.418. The Labute approximate surface area is 185 Å². The first-order chi connectivity index (χ1) is 14.8. The van der Waals surface area contributed by atoms with Gasteiger partial charge in [-0.15, -0.1) is 0 Å². The summed E-state index contributed by atoms with van der Waals surface area (Å²) in [5.41, 5.74) is -0.442. The number of nitrogens with one attached hydrogen (secondary N) is 2. The fraction of sp³-hybridized carbons (Fsp3) is 0.455. The number of halogens is 1. The summed E-state index contributed by atoms with van der Waals surface area (Å²) in [6, 6.07) is 2.91. The molecule has 3 heterocycles. The third-order valence-corrected chi connectivity index (χ3v) is 4.33. The summed E-state index contributed by atoms with van der Waals surface area (Å²) in [6.45, 7) is 10.2. The highest BCUT2D eigenvalue weighted by molar-refractivity contribution is 6.09. The number of aromatic amines is 1. The van der Waals surface area contributed by atoms with E-state index in [1.165, 1.54) is 18.3 Å².